The molecule has 2 heterocycles. The van der Waals surface area contributed by atoms with E-state index >= 15 is 0 Å². The second-order valence-electron chi connectivity index (χ2n) is 7.21. The predicted octanol–water partition coefficient (Wildman–Crippen LogP) is 4.03. The maximum atomic E-state index is 12.0. The minimum Gasteiger partial charge on any atom is -0.443 e. The van der Waals surface area contributed by atoms with Crippen LogP contribution in [0.4, 0.5) is 4.79 Å². The molecule has 1 aliphatic heterocycles. The van der Waals surface area contributed by atoms with Crippen LogP contribution in [0.5, 0.6) is 0 Å². The minimum atomic E-state index is -0.482. The van der Waals surface area contributed by atoms with E-state index in [2.05, 4.69) is 16.4 Å². The van der Waals surface area contributed by atoms with Crippen LogP contribution in [0.2, 0.25) is 0 Å². The van der Waals surface area contributed by atoms with Crippen LogP contribution in [-0.2, 0) is 11.3 Å². The molecule has 0 N–H and O–H groups in total. The fraction of sp³-hybridized carbons (Fsp3) is 0.350. The van der Waals surface area contributed by atoms with Crippen molar-refractivity contribution < 1.29 is 9.53 Å². The SMILES string of the molecule is CC(C)(C)OC(=O)N1C=C/C(=C\Cn2cc(-c3ccccc3)nn2)CC1. The molecule has 0 spiro atoms. The van der Waals surface area contributed by atoms with Gasteiger partial charge in [-0.3, -0.25) is 4.90 Å². The van der Waals surface area contributed by atoms with Crippen molar-refractivity contribution in [1.29, 1.82) is 0 Å². The van der Waals surface area contributed by atoms with E-state index in [1.807, 2.05) is 68.1 Å². The molecule has 1 aromatic heterocycles. The number of amides is 1. The Morgan fingerprint density at radius 3 is 2.69 bits per heavy atom. The van der Waals surface area contributed by atoms with Crippen molar-refractivity contribution in [1.82, 2.24) is 19.9 Å². The van der Waals surface area contributed by atoms with Crippen LogP contribution in [0.25, 0.3) is 11.3 Å². The van der Waals surface area contributed by atoms with Gasteiger partial charge in [-0.05, 0) is 38.8 Å². The summed E-state index contributed by atoms with van der Waals surface area (Å²) in [6, 6.07) is 9.98. The Morgan fingerprint density at radius 1 is 1.27 bits per heavy atom. The summed E-state index contributed by atoms with van der Waals surface area (Å²) in [6.07, 6.45) is 8.24. The van der Waals surface area contributed by atoms with E-state index in [1.54, 1.807) is 11.1 Å². The molecule has 26 heavy (non-hydrogen) atoms. The molecule has 0 fully saturated rings. The zero-order valence-electron chi connectivity index (χ0n) is 15.4. The highest BCUT2D eigenvalue weighted by Crippen LogP contribution is 2.18. The van der Waals surface area contributed by atoms with Crippen molar-refractivity contribution in [3.05, 3.63) is 60.5 Å². The highest BCUT2D eigenvalue weighted by Gasteiger charge is 2.22. The molecule has 0 atom stereocenters. The van der Waals surface area contributed by atoms with Gasteiger partial charge in [0.05, 0.1) is 12.7 Å². The Kier molecular flexibility index (Phi) is 5.21. The first kappa shape index (κ1) is 17.9. The van der Waals surface area contributed by atoms with Crippen LogP contribution < -0.4 is 0 Å². The normalized spacial score (nSPS) is 16.1. The van der Waals surface area contributed by atoms with Crippen molar-refractivity contribution >= 4 is 6.09 Å². The van der Waals surface area contributed by atoms with E-state index in [-0.39, 0.29) is 6.09 Å². The quantitative estimate of drug-likeness (QED) is 0.837. The second-order valence-corrected chi connectivity index (χ2v) is 7.21. The van der Waals surface area contributed by atoms with E-state index in [9.17, 15) is 4.79 Å². The van der Waals surface area contributed by atoms with Crippen LogP contribution in [0.1, 0.15) is 27.2 Å². The number of nitrogens with zero attached hydrogens (tertiary/aromatic N) is 4. The molecule has 0 unspecified atom stereocenters. The Balaban J connectivity index is 1.58. The lowest BCUT2D eigenvalue weighted by molar-refractivity contribution is 0.0333. The maximum absolute atomic E-state index is 12.0. The summed E-state index contributed by atoms with van der Waals surface area (Å²) in [5.74, 6) is 0. The summed E-state index contributed by atoms with van der Waals surface area (Å²) in [6.45, 7) is 6.86. The maximum Gasteiger partial charge on any atom is 0.414 e. The number of carbonyl (C=O) groups is 1. The summed E-state index contributed by atoms with van der Waals surface area (Å²) in [5.41, 5.74) is 2.60. The monoisotopic (exact) mass is 352 g/mol. The fourth-order valence-electron chi connectivity index (χ4n) is 2.58. The topological polar surface area (TPSA) is 60.2 Å². The van der Waals surface area contributed by atoms with E-state index in [0.29, 0.717) is 13.1 Å². The van der Waals surface area contributed by atoms with Gasteiger partial charge in [-0.1, -0.05) is 41.6 Å². The van der Waals surface area contributed by atoms with Gasteiger partial charge in [0.2, 0.25) is 0 Å². The van der Waals surface area contributed by atoms with Gasteiger partial charge in [0, 0.05) is 18.3 Å². The molecule has 0 bridgehead atoms. The number of ether oxygens (including phenoxy) is 1. The Labute approximate surface area is 153 Å². The molecule has 136 valence electrons. The highest BCUT2D eigenvalue weighted by molar-refractivity contribution is 5.70. The molecule has 1 aromatic carbocycles. The molecule has 0 saturated carbocycles. The van der Waals surface area contributed by atoms with Gasteiger partial charge >= 0.3 is 6.09 Å². The molecule has 2 aromatic rings. The third kappa shape index (κ3) is 4.81. The number of benzene rings is 1. The summed E-state index contributed by atoms with van der Waals surface area (Å²) >= 11 is 0. The van der Waals surface area contributed by atoms with Crippen molar-refractivity contribution in [2.75, 3.05) is 6.54 Å². The molecule has 6 heteroatoms. The zero-order chi connectivity index (χ0) is 18.6. The summed E-state index contributed by atoms with van der Waals surface area (Å²) in [4.78, 5) is 13.7. The fourth-order valence-corrected chi connectivity index (χ4v) is 2.58. The van der Waals surface area contributed by atoms with Gasteiger partial charge in [-0.15, -0.1) is 5.10 Å². The lowest BCUT2D eigenvalue weighted by atomic mass is 10.1. The van der Waals surface area contributed by atoms with Gasteiger partial charge in [0.15, 0.2) is 0 Å². The molecule has 1 aliphatic rings. The largest absolute Gasteiger partial charge is 0.443 e. The molecule has 1 amide bonds. The van der Waals surface area contributed by atoms with Crippen LogP contribution in [0, 0.1) is 0 Å². The smallest absolute Gasteiger partial charge is 0.414 e. The predicted molar refractivity (Wildman–Crippen MR) is 100 cm³/mol. The number of carbonyl (C=O) groups excluding carboxylic acids is 1. The van der Waals surface area contributed by atoms with Crippen LogP contribution in [0.3, 0.4) is 0 Å². The van der Waals surface area contributed by atoms with Gasteiger partial charge < -0.3 is 4.74 Å². The van der Waals surface area contributed by atoms with Crippen molar-refractivity contribution in [2.24, 2.45) is 0 Å². The van der Waals surface area contributed by atoms with E-state index in [1.165, 1.54) is 5.57 Å². The van der Waals surface area contributed by atoms with Gasteiger partial charge in [-0.2, -0.15) is 0 Å². The summed E-state index contributed by atoms with van der Waals surface area (Å²) < 4.78 is 7.19. The lowest BCUT2D eigenvalue weighted by Gasteiger charge is -2.27. The van der Waals surface area contributed by atoms with Gasteiger partial charge in [0.25, 0.3) is 0 Å². The molecule has 0 saturated heterocycles. The molecule has 3 rings (SSSR count). The standard InChI is InChI=1S/C20H24N4O2/c1-20(2,3)26-19(25)23-12-9-16(10-13-23)11-14-24-15-18(21-22-24)17-7-5-4-6-8-17/h4-9,11-12,15H,10,13-14H2,1-3H3/b16-11+. The number of aromatic nitrogens is 3. The first-order chi connectivity index (χ1) is 12.4. The third-order valence-corrected chi connectivity index (χ3v) is 3.89. The van der Waals surface area contributed by atoms with E-state index < -0.39 is 5.60 Å². The Bertz CT molecular complexity index is 816. The highest BCUT2D eigenvalue weighted by atomic mass is 16.6. The zero-order valence-corrected chi connectivity index (χ0v) is 15.4. The van der Waals surface area contributed by atoms with Crippen molar-refractivity contribution in [3.8, 4) is 11.3 Å². The molecular weight excluding hydrogens is 328 g/mol. The first-order valence-corrected chi connectivity index (χ1v) is 8.73. The number of rotatable bonds is 3. The van der Waals surface area contributed by atoms with Crippen molar-refractivity contribution in [2.45, 2.75) is 39.3 Å². The number of allylic oxidation sites excluding steroid dienone is 2. The molecular formula is C20H24N4O2. The average molecular weight is 352 g/mol. The first-order valence-electron chi connectivity index (χ1n) is 8.73. The Morgan fingerprint density at radius 2 is 2.04 bits per heavy atom. The van der Waals surface area contributed by atoms with Crippen LogP contribution in [-0.4, -0.2) is 38.1 Å². The van der Waals surface area contributed by atoms with Crippen molar-refractivity contribution in [3.63, 3.8) is 0 Å². The number of hydrogen-bond acceptors (Lipinski definition) is 4. The van der Waals surface area contributed by atoms with Gasteiger partial charge in [0.1, 0.15) is 11.3 Å². The third-order valence-electron chi connectivity index (χ3n) is 3.89. The second kappa shape index (κ2) is 7.56. The average Bonchev–Trinajstić information content (AvgIpc) is 3.09. The molecule has 0 aliphatic carbocycles. The van der Waals surface area contributed by atoms with Crippen LogP contribution >= 0.6 is 0 Å². The molecule has 0 radical (unpaired) electrons. The van der Waals surface area contributed by atoms with E-state index in [0.717, 1.165) is 17.7 Å². The van der Waals surface area contributed by atoms with Crippen LogP contribution in [0.15, 0.2) is 60.5 Å². The van der Waals surface area contributed by atoms with E-state index in [4.69, 9.17) is 4.74 Å². The minimum absolute atomic E-state index is 0.309. The van der Waals surface area contributed by atoms with Gasteiger partial charge in [-0.25, -0.2) is 9.48 Å². The number of hydrogen-bond donors (Lipinski definition) is 0. The molecule has 6 nitrogen and oxygen atoms in total. The summed E-state index contributed by atoms with van der Waals surface area (Å²) in [7, 11) is 0. The summed E-state index contributed by atoms with van der Waals surface area (Å²) in [5, 5.41) is 8.39. The lowest BCUT2D eigenvalue weighted by Crippen LogP contribution is -2.35. The Hall–Kier alpha value is -2.89.